The predicted octanol–water partition coefficient (Wildman–Crippen LogP) is 5.41. The lowest BCUT2D eigenvalue weighted by atomic mass is 9.81. The van der Waals surface area contributed by atoms with Crippen molar-refractivity contribution in [3.05, 3.63) is 69.9 Å². The highest BCUT2D eigenvalue weighted by Gasteiger charge is 2.44. The third-order valence-corrected chi connectivity index (χ3v) is 5.98. The Morgan fingerprint density at radius 2 is 1.82 bits per heavy atom. The van der Waals surface area contributed by atoms with Gasteiger partial charge >= 0.3 is 6.09 Å². The third-order valence-electron chi connectivity index (χ3n) is 5.45. The molecule has 28 heavy (non-hydrogen) atoms. The topological polar surface area (TPSA) is 49.8 Å². The van der Waals surface area contributed by atoms with Gasteiger partial charge in [0.2, 0.25) is 0 Å². The Balaban J connectivity index is 1.84. The molecule has 150 valence electrons. The summed E-state index contributed by atoms with van der Waals surface area (Å²) in [4.78, 5) is 14.7. The van der Waals surface area contributed by atoms with E-state index >= 15 is 0 Å². The van der Waals surface area contributed by atoms with Gasteiger partial charge in [-0.2, -0.15) is 0 Å². The van der Waals surface area contributed by atoms with E-state index in [9.17, 15) is 14.3 Å². The van der Waals surface area contributed by atoms with Crippen LogP contribution in [0.3, 0.4) is 0 Å². The number of amides is 1. The molecule has 1 saturated heterocycles. The van der Waals surface area contributed by atoms with Crippen molar-refractivity contribution >= 4 is 22.0 Å². The molecule has 0 aliphatic carbocycles. The van der Waals surface area contributed by atoms with Crippen molar-refractivity contribution in [3.63, 3.8) is 0 Å². The highest BCUT2D eigenvalue weighted by atomic mass is 79.9. The number of hydrogen-bond donors (Lipinski definition) is 1. The fourth-order valence-corrected chi connectivity index (χ4v) is 4.05. The maximum absolute atomic E-state index is 13.4. The molecule has 1 fully saturated rings. The van der Waals surface area contributed by atoms with E-state index in [1.54, 1.807) is 17.0 Å². The minimum Gasteiger partial charge on any atom is -0.438 e. The molecule has 6 heteroatoms. The van der Waals surface area contributed by atoms with Crippen LogP contribution in [-0.2, 0) is 10.3 Å². The van der Waals surface area contributed by atoms with E-state index in [-0.39, 0.29) is 24.4 Å². The summed E-state index contributed by atoms with van der Waals surface area (Å²) in [6, 6.07) is 13.8. The molecule has 1 aliphatic rings. The van der Waals surface area contributed by atoms with Crippen molar-refractivity contribution in [2.75, 3.05) is 13.2 Å². The van der Waals surface area contributed by atoms with E-state index in [0.717, 1.165) is 15.6 Å². The SMILES string of the molecule is CC(CO)CC1(c2ccc(F)cc2)CCN([C@@H](C)c2ccc(Br)cc2)C(=O)O1. The van der Waals surface area contributed by atoms with Crippen LogP contribution in [0.2, 0.25) is 0 Å². The number of aliphatic hydroxyl groups excluding tert-OH is 1. The molecular formula is C22H25BrFNO3. The smallest absolute Gasteiger partial charge is 0.411 e. The number of rotatable bonds is 6. The summed E-state index contributed by atoms with van der Waals surface area (Å²) >= 11 is 3.43. The summed E-state index contributed by atoms with van der Waals surface area (Å²) in [5, 5.41) is 9.53. The average molecular weight is 450 g/mol. The van der Waals surface area contributed by atoms with Crippen molar-refractivity contribution in [3.8, 4) is 0 Å². The van der Waals surface area contributed by atoms with Crippen molar-refractivity contribution in [1.29, 1.82) is 0 Å². The molecule has 1 aliphatic heterocycles. The molecule has 2 aromatic carbocycles. The Bertz CT molecular complexity index is 812. The first-order valence-corrected chi connectivity index (χ1v) is 10.3. The number of carbonyl (C=O) groups excluding carboxylic acids is 1. The molecule has 2 unspecified atom stereocenters. The molecule has 0 saturated carbocycles. The second kappa shape index (κ2) is 8.62. The van der Waals surface area contributed by atoms with Crippen LogP contribution in [0.5, 0.6) is 0 Å². The predicted molar refractivity (Wildman–Crippen MR) is 109 cm³/mol. The third kappa shape index (κ3) is 4.39. The number of hydrogen-bond acceptors (Lipinski definition) is 3. The minimum atomic E-state index is -0.858. The Kier molecular flexibility index (Phi) is 6.40. The van der Waals surface area contributed by atoms with Crippen LogP contribution in [0, 0.1) is 11.7 Å². The molecule has 1 N–H and O–H groups in total. The van der Waals surface area contributed by atoms with E-state index in [0.29, 0.717) is 19.4 Å². The van der Waals surface area contributed by atoms with Gasteiger partial charge in [0.1, 0.15) is 11.4 Å². The molecule has 1 amide bonds. The molecule has 4 nitrogen and oxygen atoms in total. The summed E-state index contributed by atoms with van der Waals surface area (Å²) in [5.74, 6) is -0.380. The van der Waals surface area contributed by atoms with Gasteiger partial charge in [-0.15, -0.1) is 0 Å². The zero-order valence-corrected chi connectivity index (χ0v) is 17.7. The minimum absolute atomic E-state index is 0.000491. The van der Waals surface area contributed by atoms with Crippen LogP contribution < -0.4 is 0 Å². The van der Waals surface area contributed by atoms with E-state index in [1.807, 2.05) is 38.1 Å². The van der Waals surface area contributed by atoms with Gasteiger partial charge in [0, 0.05) is 24.0 Å². The Hall–Kier alpha value is -1.92. The fraction of sp³-hybridized carbons (Fsp3) is 0.409. The lowest BCUT2D eigenvalue weighted by Crippen LogP contribution is -2.49. The summed E-state index contributed by atoms with van der Waals surface area (Å²) in [7, 11) is 0. The van der Waals surface area contributed by atoms with Crippen molar-refractivity contribution in [2.24, 2.45) is 5.92 Å². The van der Waals surface area contributed by atoms with Gasteiger partial charge in [0.05, 0.1) is 6.04 Å². The number of carbonyl (C=O) groups is 1. The molecule has 0 radical (unpaired) electrons. The van der Waals surface area contributed by atoms with E-state index < -0.39 is 11.7 Å². The van der Waals surface area contributed by atoms with E-state index in [1.165, 1.54) is 12.1 Å². The molecule has 0 aromatic heterocycles. The molecule has 0 bridgehead atoms. The number of ether oxygens (including phenoxy) is 1. The maximum atomic E-state index is 13.4. The van der Waals surface area contributed by atoms with Crippen LogP contribution in [0.25, 0.3) is 0 Å². The van der Waals surface area contributed by atoms with E-state index in [4.69, 9.17) is 4.74 Å². The monoisotopic (exact) mass is 449 g/mol. The number of benzene rings is 2. The van der Waals surface area contributed by atoms with Gasteiger partial charge < -0.3 is 14.7 Å². The van der Waals surface area contributed by atoms with Gasteiger partial charge in [-0.05, 0) is 54.7 Å². The standard InChI is InChI=1S/C22H25BrFNO3/c1-15(14-26)13-22(18-5-9-20(24)10-6-18)11-12-25(21(27)28-22)16(2)17-3-7-19(23)8-4-17/h3-10,15-16,26H,11-14H2,1-2H3/t15?,16-,22?/m0/s1. The molecule has 0 spiro atoms. The van der Waals surface area contributed by atoms with Crippen molar-refractivity contribution in [1.82, 2.24) is 4.90 Å². The number of cyclic esters (lactones) is 1. The quantitative estimate of drug-likeness (QED) is 0.641. The maximum Gasteiger partial charge on any atom is 0.411 e. The number of aliphatic hydroxyl groups is 1. The Labute approximate surface area is 173 Å². The van der Waals surface area contributed by atoms with E-state index in [2.05, 4.69) is 15.9 Å². The Morgan fingerprint density at radius 1 is 1.18 bits per heavy atom. The summed E-state index contributed by atoms with van der Waals surface area (Å²) in [5.41, 5.74) is 0.930. The average Bonchev–Trinajstić information content (AvgIpc) is 2.68. The number of halogens is 2. The van der Waals surface area contributed by atoms with Gasteiger partial charge in [-0.3, -0.25) is 0 Å². The normalized spacial score (nSPS) is 21.9. The van der Waals surface area contributed by atoms with Gasteiger partial charge in [-0.1, -0.05) is 47.1 Å². The first-order chi connectivity index (χ1) is 13.3. The number of nitrogens with zero attached hydrogens (tertiary/aromatic N) is 1. The van der Waals surface area contributed by atoms with Gasteiger partial charge in [-0.25, -0.2) is 9.18 Å². The van der Waals surface area contributed by atoms with Crippen LogP contribution in [0.15, 0.2) is 53.0 Å². The zero-order chi connectivity index (χ0) is 20.3. The lowest BCUT2D eigenvalue weighted by molar-refractivity contribution is -0.0755. The molecular weight excluding hydrogens is 425 g/mol. The first kappa shape index (κ1) is 20.8. The lowest BCUT2D eigenvalue weighted by Gasteiger charge is -2.44. The largest absolute Gasteiger partial charge is 0.438 e. The van der Waals surface area contributed by atoms with Crippen LogP contribution in [-0.4, -0.2) is 29.3 Å². The van der Waals surface area contributed by atoms with Gasteiger partial charge in [0.25, 0.3) is 0 Å². The van der Waals surface area contributed by atoms with Crippen LogP contribution in [0.4, 0.5) is 9.18 Å². The highest BCUT2D eigenvalue weighted by Crippen LogP contribution is 2.41. The Morgan fingerprint density at radius 3 is 2.39 bits per heavy atom. The molecule has 3 rings (SSSR count). The summed E-state index contributed by atoms with van der Waals surface area (Å²) in [6.07, 6.45) is 0.674. The van der Waals surface area contributed by atoms with Crippen molar-refractivity contribution < 1.29 is 19.0 Å². The van der Waals surface area contributed by atoms with Gasteiger partial charge in [0.15, 0.2) is 0 Å². The van der Waals surface area contributed by atoms with Crippen LogP contribution >= 0.6 is 15.9 Å². The molecule has 2 aromatic rings. The second-order valence-electron chi connectivity index (χ2n) is 7.53. The molecule has 3 atom stereocenters. The first-order valence-electron chi connectivity index (χ1n) is 9.46. The fourth-order valence-electron chi connectivity index (χ4n) is 3.79. The zero-order valence-electron chi connectivity index (χ0n) is 16.1. The molecule has 1 heterocycles. The summed E-state index contributed by atoms with van der Waals surface area (Å²) in [6.45, 7) is 4.41. The summed E-state index contributed by atoms with van der Waals surface area (Å²) < 4.78 is 20.4. The van der Waals surface area contributed by atoms with Crippen LogP contribution in [0.1, 0.15) is 43.9 Å². The second-order valence-corrected chi connectivity index (χ2v) is 8.45. The highest BCUT2D eigenvalue weighted by molar-refractivity contribution is 9.10. The van der Waals surface area contributed by atoms with Crippen molar-refractivity contribution in [2.45, 2.75) is 38.3 Å².